The van der Waals surface area contributed by atoms with Crippen molar-refractivity contribution in [3.63, 3.8) is 0 Å². The SMILES string of the molecule is NN([C@H]1CCS(=O)(=O)C1)S(=O)(=O)c1ccccc1. The van der Waals surface area contributed by atoms with Crippen LogP contribution >= 0.6 is 0 Å². The largest absolute Gasteiger partial charge is 0.255 e. The van der Waals surface area contributed by atoms with Gasteiger partial charge in [-0.3, -0.25) is 5.84 Å². The predicted molar refractivity (Wildman–Crippen MR) is 66.7 cm³/mol. The van der Waals surface area contributed by atoms with Crippen molar-refractivity contribution >= 4 is 19.9 Å². The van der Waals surface area contributed by atoms with Gasteiger partial charge in [0.25, 0.3) is 10.0 Å². The van der Waals surface area contributed by atoms with Crippen LogP contribution in [0.25, 0.3) is 0 Å². The molecule has 0 aromatic heterocycles. The van der Waals surface area contributed by atoms with Crippen LogP contribution in [0, 0.1) is 0 Å². The summed E-state index contributed by atoms with van der Waals surface area (Å²) in [6, 6.07) is 7.05. The molecule has 0 radical (unpaired) electrons. The fourth-order valence-corrected chi connectivity index (χ4v) is 5.01. The number of hydrazine groups is 1. The third-order valence-corrected chi connectivity index (χ3v) is 6.36. The molecule has 1 aliphatic heterocycles. The van der Waals surface area contributed by atoms with Gasteiger partial charge in [-0.1, -0.05) is 18.2 Å². The number of rotatable bonds is 3. The van der Waals surface area contributed by atoms with Crippen LogP contribution < -0.4 is 5.84 Å². The van der Waals surface area contributed by atoms with E-state index in [0.717, 1.165) is 0 Å². The smallest absolute Gasteiger partial charge is 0.254 e. The van der Waals surface area contributed by atoms with Crippen LogP contribution in [0.15, 0.2) is 35.2 Å². The lowest BCUT2D eigenvalue weighted by Gasteiger charge is -2.21. The number of sulfone groups is 1. The predicted octanol–water partition coefficient (Wildman–Crippen LogP) is -0.262. The standard InChI is InChI=1S/C10H14N2O4S2/c11-12(9-6-7-17(13,14)8-9)18(15,16)10-4-2-1-3-5-10/h1-5,9H,6-8,11H2/t9-/m0/s1. The molecule has 1 atom stereocenters. The second kappa shape index (κ2) is 4.61. The molecule has 1 aromatic rings. The molecule has 2 rings (SSSR count). The van der Waals surface area contributed by atoms with Gasteiger partial charge < -0.3 is 0 Å². The van der Waals surface area contributed by atoms with Crippen molar-refractivity contribution in [1.82, 2.24) is 4.41 Å². The van der Waals surface area contributed by atoms with E-state index in [1.165, 1.54) is 12.1 Å². The van der Waals surface area contributed by atoms with Crippen molar-refractivity contribution in [2.75, 3.05) is 11.5 Å². The molecule has 0 spiro atoms. The molecule has 0 amide bonds. The average Bonchev–Trinajstić information content (AvgIpc) is 2.69. The molecule has 6 nitrogen and oxygen atoms in total. The zero-order valence-corrected chi connectivity index (χ0v) is 11.2. The van der Waals surface area contributed by atoms with Gasteiger partial charge in [0.15, 0.2) is 9.84 Å². The Morgan fingerprint density at radius 2 is 1.83 bits per heavy atom. The molecule has 1 fully saturated rings. The zero-order chi connectivity index (χ0) is 13.4. The summed E-state index contributed by atoms with van der Waals surface area (Å²) in [7, 11) is -6.99. The molecule has 0 saturated carbocycles. The number of nitrogens with two attached hydrogens (primary N) is 1. The van der Waals surface area contributed by atoms with Gasteiger partial charge in [0.2, 0.25) is 0 Å². The van der Waals surface area contributed by atoms with Crippen molar-refractivity contribution in [3.05, 3.63) is 30.3 Å². The highest BCUT2D eigenvalue weighted by molar-refractivity contribution is 7.92. The van der Waals surface area contributed by atoms with E-state index in [1.54, 1.807) is 18.2 Å². The van der Waals surface area contributed by atoms with Crippen molar-refractivity contribution in [1.29, 1.82) is 0 Å². The summed E-state index contributed by atoms with van der Waals surface area (Å²) in [6.07, 6.45) is 0.241. The third kappa shape index (κ3) is 2.56. The highest BCUT2D eigenvalue weighted by Gasteiger charge is 2.37. The molecule has 1 saturated heterocycles. The first kappa shape index (κ1) is 13.5. The fourth-order valence-electron chi connectivity index (χ4n) is 1.89. The first-order valence-corrected chi connectivity index (χ1v) is 8.64. The minimum absolute atomic E-state index is 0.0182. The van der Waals surface area contributed by atoms with E-state index in [0.29, 0.717) is 4.41 Å². The lowest BCUT2D eigenvalue weighted by Crippen LogP contribution is -2.46. The van der Waals surface area contributed by atoms with Crippen LogP contribution in [-0.2, 0) is 19.9 Å². The summed E-state index contributed by atoms with van der Waals surface area (Å²) < 4.78 is 47.6. The minimum Gasteiger partial charge on any atom is -0.254 e. The summed E-state index contributed by atoms with van der Waals surface area (Å²) in [6.45, 7) is 0. The minimum atomic E-state index is -3.83. The van der Waals surface area contributed by atoms with E-state index in [4.69, 9.17) is 5.84 Å². The summed E-state index contributed by atoms with van der Waals surface area (Å²) >= 11 is 0. The first-order chi connectivity index (χ1) is 8.33. The monoisotopic (exact) mass is 290 g/mol. The van der Waals surface area contributed by atoms with Gasteiger partial charge in [-0.05, 0) is 18.6 Å². The highest BCUT2D eigenvalue weighted by Crippen LogP contribution is 2.21. The molecule has 8 heteroatoms. The van der Waals surface area contributed by atoms with Crippen LogP contribution in [0.3, 0.4) is 0 Å². The maximum Gasteiger partial charge on any atom is 0.255 e. The quantitative estimate of drug-likeness (QED) is 0.611. The number of benzene rings is 1. The van der Waals surface area contributed by atoms with E-state index >= 15 is 0 Å². The van der Waals surface area contributed by atoms with Gasteiger partial charge in [0.1, 0.15) is 0 Å². The van der Waals surface area contributed by atoms with Crippen molar-refractivity contribution < 1.29 is 16.8 Å². The Bertz CT molecular complexity index is 625. The van der Waals surface area contributed by atoms with E-state index in [1.807, 2.05) is 0 Å². The van der Waals surface area contributed by atoms with Gasteiger partial charge >= 0.3 is 0 Å². The summed E-state index contributed by atoms with van der Waals surface area (Å²) in [5.74, 6) is 5.36. The molecule has 100 valence electrons. The molecule has 0 aliphatic carbocycles. The van der Waals surface area contributed by atoms with Crippen LogP contribution in [-0.4, -0.2) is 38.8 Å². The van der Waals surface area contributed by atoms with Crippen LogP contribution in [0.5, 0.6) is 0 Å². The summed E-state index contributed by atoms with van der Waals surface area (Å²) in [5, 5.41) is 0. The molecule has 0 bridgehead atoms. The number of nitrogens with zero attached hydrogens (tertiary/aromatic N) is 1. The van der Waals surface area contributed by atoms with Crippen LogP contribution in [0.1, 0.15) is 6.42 Å². The third-order valence-electron chi connectivity index (χ3n) is 2.89. The molecule has 1 aliphatic rings. The Labute approximate surface area is 106 Å². The topological polar surface area (TPSA) is 97.5 Å². The van der Waals surface area contributed by atoms with Gasteiger partial charge in [-0.2, -0.15) is 0 Å². The van der Waals surface area contributed by atoms with E-state index in [-0.39, 0.29) is 22.8 Å². The second-order valence-electron chi connectivity index (χ2n) is 4.20. The van der Waals surface area contributed by atoms with E-state index in [2.05, 4.69) is 0 Å². The first-order valence-electron chi connectivity index (χ1n) is 5.37. The lowest BCUT2D eigenvalue weighted by atomic mass is 10.3. The molecular weight excluding hydrogens is 276 g/mol. The van der Waals surface area contributed by atoms with Gasteiger partial charge in [-0.25, -0.2) is 16.8 Å². The Hall–Kier alpha value is -0.960. The van der Waals surface area contributed by atoms with Gasteiger partial charge in [0.05, 0.1) is 22.4 Å². The normalized spacial score (nSPS) is 23.3. The number of hydrogen-bond acceptors (Lipinski definition) is 5. The second-order valence-corrected chi connectivity index (χ2v) is 8.28. The maximum absolute atomic E-state index is 12.1. The maximum atomic E-state index is 12.1. The van der Waals surface area contributed by atoms with Crippen LogP contribution in [0.4, 0.5) is 0 Å². The Balaban J connectivity index is 2.27. The average molecular weight is 290 g/mol. The van der Waals surface area contributed by atoms with Crippen LogP contribution in [0.2, 0.25) is 0 Å². The molecule has 1 heterocycles. The molecule has 1 aromatic carbocycles. The molecular formula is C10H14N2O4S2. The van der Waals surface area contributed by atoms with Gasteiger partial charge in [-0.15, -0.1) is 4.41 Å². The Kier molecular flexibility index (Phi) is 3.45. The molecule has 18 heavy (non-hydrogen) atoms. The van der Waals surface area contributed by atoms with Gasteiger partial charge in [0, 0.05) is 0 Å². The van der Waals surface area contributed by atoms with Crippen molar-refractivity contribution in [2.45, 2.75) is 17.4 Å². The van der Waals surface area contributed by atoms with E-state index < -0.39 is 25.9 Å². The summed E-state index contributed by atoms with van der Waals surface area (Å²) in [5.41, 5.74) is 0. The number of sulfonamides is 1. The van der Waals surface area contributed by atoms with E-state index in [9.17, 15) is 16.8 Å². The molecule has 2 N–H and O–H groups in total. The Morgan fingerprint density at radius 3 is 2.33 bits per heavy atom. The molecule has 0 unspecified atom stereocenters. The van der Waals surface area contributed by atoms with Crippen molar-refractivity contribution in [2.24, 2.45) is 5.84 Å². The summed E-state index contributed by atoms with van der Waals surface area (Å²) in [4.78, 5) is 0.0665. The fraction of sp³-hybridized carbons (Fsp3) is 0.400. The Morgan fingerprint density at radius 1 is 1.22 bits per heavy atom. The zero-order valence-electron chi connectivity index (χ0n) is 9.56. The lowest BCUT2D eigenvalue weighted by molar-refractivity contribution is 0.351. The highest BCUT2D eigenvalue weighted by atomic mass is 32.2. The number of hydrogen-bond donors (Lipinski definition) is 1. The van der Waals surface area contributed by atoms with Crippen molar-refractivity contribution in [3.8, 4) is 0 Å².